The summed E-state index contributed by atoms with van der Waals surface area (Å²) in [5.74, 6) is 0.208. The highest BCUT2D eigenvalue weighted by molar-refractivity contribution is 6.61. The zero-order valence-electron chi connectivity index (χ0n) is 8.24. The van der Waals surface area contributed by atoms with Gasteiger partial charge in [-0.1, -0.05) is 44.2 Å². The van der Waals surface area contributed by atoms with E-state index in [1.807, 2.05) is 44.2 Å². The van der Waals surface area contributed by atoms with Gasteiger partial charge in [0, 0.05) is 11.6 Å². The van der Waals surface area contributed by atoms with E-state index in [1.54, 1.807) is 0 Å². The summed E-state index contributed by atoms with van der Waals surface area (Å²) in [4.78, 5) is 10.7. The average Bonchev–Trinajstić information content (AvgIpc) is 2.15. The van der Waals surface area contributed by atoms with E-state index in [4.69, 9.17) is 16.3 Å². The summed E-state index contributed by atoms with van der Waals surface area (Å²) >= 11 is 5.21. The van der Waals surface area contributed by atoms with E-state index in [0.29, 0.717) is 0 Å². The molecule has 1 atom stereocenters. The van der Waals surface area contributed by atoms with Crippen LogP contribution in [0, 0.1) is 5.92 Å². The van der Waals surface area contributed by atoms with Crippen LogP contribution in [0.4, 0.5) is 4.79 Å². The standard InChI is InChI=1S/C11H13ClO2/c1-8(2)10(14-11(12)13)9-6-4-3-5-7-9/h3-8,10H,1-2H3. The summed E-state index contributed by atoms with van der Waals surface area (Å²) < 4.78 is 5.02. The molecule has 0 bridgehead atoms. The van der Waals surface area contributed by atoms with E-state index in [2.05, 4.69) is 0 Å². The molecule has 0 aliphatic rings. The minimum absolute atomic E-state index is 0.208. The third-order valence-corrected chi connectivity index (χ3v) is 2.04. The number of hydrogen-bond donors (Lipinski definition) is 0. The zero-order valence-corrected chi connectivity index (χ0v) is 8.99. The summed E-state index contributed by atoms with van der Waals surface area (Å²) in [6.45, 7) is 3.97. The monoisotopic (exact) mass is 212 g/mol. The van der Waals surface area contributed by atoms with Gasteiger partial charge in [-0.15, -0.1) is 0 Å². The Morgan fingerprint density at radius 1 is 1.29 bits per heavy atom. The molecule has 0 spiro atoms. The zero-order chi connectivity index (χ0) is 10.6. The highest BCUT2D eigenvalue weighted by Gasteiger charge is 2.18. The van der Waals surface area contributed by atoms with Crippen molar-refractivity contribution in [3.05, 3.63) is 35.9 Å². The molecule has 1 aromatic rings. The normalized spacial score (nSPS) is 12.6. The predicted molar refractivity (Wildman–Crippen MR) is 56.4 cm³/mol. The highest BCUT2D eigenvalue weighted by Crippen LogP contribution is 2.26. The maximum absolute atomic E-state index is 10.7. The van der Waals surface area contributed by atoms with Crippen LogP contribution < -0.4 is 0 Å². The minimum atomic E-state index is -0.757. The largest absolute Gasteiger partial charge is 0.445 e. The van der Waals surface area contributed by atoms with Crippen LogP contribution in [0.15, 0.2) is 30.3 Å². The predicted octanol–water partition coefficient (Wildman–Crippen LogP) is 3.76. The highest BCUT2D eigenvalue weighted by atomic mass is 35.5. The fraction of sp³-hybridized carbons (Fsp3) is 0.364. The van der Waals surface area contributed by atoms with E-state index in [-0.39, 0.29) is 12.0 Å². The topological polar surface area (TPSA) is 26.3 Å². The van der Waals surface area contributed by atoms with Crippen LogP contribution >= 0.6 is 11.6 Å². The Morgan fingerprint density at radius 2 is 1.86 bits per heavy atom. The molecule has 0 fully saturated rings. The smallest absolute Gasteiger partial charge is 0.404 e. The molecule has 14 heavy (non-hydrogen) atoms. The van der Waals surface area contributed by atoms with Crippen molar-refractivity contribution >= 4 is 17.0 Å². The Bertz CT molecular complexity index is 295. The molecule has 0 radical (unpaired) electrons. The van der Waals surface area contributed by atoms with Gasteiger partial charge in [0.25, 0.3) is 0 Å². The van der Waals surface area contributed by atoms with Crippen LogP contribution in [-0.2, 0) is 4.74 Å². The van der Waals surface area contributed by atoms with E-state index in [1.165, 1.54) is 0 Å². The fourth-order valence-corrected chi connectivity index (χ4v) is 1.43. The number of halogens is 1. The molecule has 0 N–H and O–H groups in total. The lowest BCUT2D eigenvalue weighted by molar-refractivity contribution is 0.0913. The second-order valence-electron chi connectivity index (χ2n) is 3.43. The third-order valence-electron chi connectivity index (χ3n) is 1.95. The van der Waals surface area contributed by atoms with Crippen LogP contribution in [0.5, 0.6) is 0 Å². The van der Waals surface area contributed by atoms with Gasteiger partial charge < -0.3 is 4.74 Å². The molecule has 0 heterocycles. The van der Waals surface area contributed by atoms with Crippen LogP contribution in [0.25, 0.3) is 0 Å². The lowest BCUT2D eigenvalue weighted by atomic mass is 9.99. The van der Waals surface area contributed by atoms with Gasteiger partial charge in [0.15, 0.2) is 0 Å². The van der Waals surface area contributed by atoms with Crippen molar-refractivity contribution < 1.29 is 9.53 Å². The Morgan fingerprint density at radius 3 is 2.29 bits per heavy atom. The second-order valence-corrected chi connectivity index (χ2v) is 3.74. The quantitative estimate of drug-likeness (QED) is 0.714. The van der Waals surface area contributed by atoms with Gasteiger partial charge in [-0.2, -0.15) is 0 Å². The first-order chi connectivity index (χ1) is 6.61. The SMILES string of the molecule is CC(C)C(OC(=O)Cl)c1ccccc1. The molecule has 76 valence electrons. The molecule has 0 aromatic heterocycles. The second kappa shape index (κ2) is 5.01. The van der Waals surface area contributed by atoms with E-state index in [9.17, 15) is 4.79 Å². The first kappa shape index (κ1) is 11.1. The Hall–Kier alpha value is -1.02. The van der Waals surface area contributed by atoms with Crippen molar-refractivity contribution in [3.63, 3.8) is 0 Å². The summed E-state index contributed by atoms with van der Waals surface area (Å²) in [7, 11) is 0. The number of carbonyl (C=O) groups is 1. The lowest BCUT2D eigenvalue weighted by Gasteiger charge is -2.20. The van der Waals surface area contributed by atoms with Crippen molar-refractivity contribution in [2.45, 2.75) is 20.0 Å². The maximum Gasteiger partial charge on any atom is 0.404 e. The summed E-state index contributed by atoms with van der Waals surface area (Å²) in [5, 5.41) is 0. The summed E-state index contributed by atoms with van der Waals surface area (Å²) in [6, 6.07) is 9.58. The summed E-state index contributed by atoms with van der Waals surface area (Å²) in [6.07, 6.45) is -0.263. The molecule has 0 aliphatic carbocycles. The molecule has 1 aromatic carbocycles. The molecular weight excluding hydrogens is 200 g/mol. The van der Waals surface area contributed by atoms with Gasteiger partial charge in [-0.05, 0) is 11.5 Å². The number of rotatable bonds is 3. The van der Waals surface area contributed by atoms with E-state index in [0.717, 1.165) is 5.56 Å². The van der Waals surface area contributed by atoms with Gasteiger partial charge in [-0.25, -0.2) is 4.79 Å². The molecule has 1 unspecified atom stereocenters. The first-order valence-electron chi connectivity index (χ1n) is 4.52. The molecule has 1 rings (SSSR count). The first-order valence-corrected chi connectivity index (χ1v) is 4.90. The summed E-state index contributed by atoms with van der Waals surface area (Å²) in [5.41, 5.74) is 0.212. The Kier molecular flexibility index (Phi) is 3.96. The van der Waals surface area contributed by atoms with Crippen LogP contribution in [0.1, 0.15) is 25.5 Å². The lowest BCUT2D eigenvalue weighted by Crippen LogP contribution is -2.12. The van der Waals surface area contributed by atoms with E-state index < -0.39 is 5.43 Å². The number of ether oxygens (including phenoxy) is 1. The van der Waals surface area contributed by atoms with Gasteiger partial charge in [0.05, 0.1) is 0 Å². The number of carbonyl (C=O) groups excluding carboxylic acids is 1. The Balaban J connectivity index is 2.83. The number of benzene rings is 1. The maximum atomic E-state index is 10.7. The van der Waals surface area contributed by atoms with Crippen LogP contribution in [0.2, 0.25) is 0 Å². The average molecular weight is 213 g/mol. The molecule has 2 nitrogen and oxygen atoms in total. The molecule has 0 aliphatic heterocycles. The van der Waals surface area contributed by atoms with Gasteiger partial charge in [0.1, 0.15) is 6.10 Å². The molecule has 0 saturated heterocycles. The Labute approximate surface area is 88.8 Å². The molecule has 0 saturated carbocycles. The molecular formula is C11H13ClO2. The molecule has 3 heteroatoms. The van der Waals surface area contributed by atoms with Gasteiger partial charge >= 0.3 is 5.43 Å². The van der Waals surface area contributed by atoms with Gasteiger partial charge in [0.2, 0.25) is 0 Å². The van der Waals surface area contributed by atoms with E-state index >= 15 is 0 Å². The number of hydrogen-bond acceptors (Lipinski definition) is 2. The van der Waals surface area contributed by atoms with Crippen LogP contribution in [0.3, 0.4) is 0 Å². The van der Waals surface area contributed by atoms with Crippen molar-refractivity contribution in [2.75, 3.05) is 0 Å². The third kappa shape index (κ3) is 3.04. The minimum Gasteiger partial charge on any atom is -0.445 e. The van der Waals surface area contributed by atoms with Gasteiger partial charge in [-0.3, -0.25) is 0 Å². The van der Waals surface area contributed by atoms with Crippen molar-refractivity contribution in [2.24, 2.45) is 5.92 Å². The van der Waals surface area contributed by atoms with Crippen molar-refractivity contribution in [1.82, 2.24) is 0 Å². The van der Waals surface area contributed by atoms with Crippen molar-refractivity contribution in [3.8, 4) is 0 Å². The molecule has 0 amide bonds. The fourth-order valence-electron chi connectivity index (χ4n) is 1.33. The van der Waals surface area contributed by atoms with Crippen molar-refractivity contribution in [1.29, 1.82) is 0 Å². The van der Waals surface area contributed by atoms with Crippen LogP contribution in [-0.4, -0.2) is 5.43 Å².